The molecular weight excluding hydrogens is 172 g/mol. The van der Waals surface area contributed by atoms with Crippen LogP contribution >= 0.6 is 0 Å². The summed E-state index contributed by atoms with van der Waals surface area (Å²) in [5.41, 5.74) is 0. The van der Waals surface area contributed by atoms with Crippen LogP contribution in [0.3, 0.4) is 0 Å². The summed E-state index contributed by atoms with van der Waals surface area (Å²) in [4.78, 5) is 10.9. The van der Waals surface area contributed by atoms with Crippen molar-refractivity contribution in [3.63, 3.8) is 0 Å². The first kappa shape index (κ1) is 12.4. The third kappa shape index (κ3) is 5.60. The number of esters is 1. The Balaban J connectivity index is 3.65. The van der Waals surface area contributed by atoms with Crippen LogP contribution in [0.1, 0.15) is 33.1 Å². The molecule has 0 fully saturated rings. The predicted molar refractivity (Wildman–Crippen MR) is 47.9 cm³/mol. The maximum absolute atomic E-state index is 10.9. The number of carbonyl (C=O) groups excluding carboxylic acids is 1. The number of aliphatic hydroxyl groups is 2. The Kier molecular flexibility index (Phi) is 6.54. The topological polar surface area (TPSA) is 66.8 Å². The first-order chi connectivity index (χ1) is 6.11. The van der Waals surface area contributed by atoms with Crippen LogP contribution in [0.2, 0.25) is 0 Å². The lowest BCUT2D eigenvalue weighted by Crippen LogP contribution is -2.25. The Morgan fingerprint density at radius 1 is 1.38 bits per heavy atom. The molecule has 0 aliphatic carbocycles. The van der Waals surface area contributed by atoms with Crippen LogP contribution in [0.25, 0.3) is 0 Å². The fourth-order valence-electron chi connectivity index (χ4n) is 0.891. The highest BCUT2D eigenvalue weighted by Crippen LogP contribution is 2.07. The van der Waals surface area contributed by atoms with Crippen LogP contribution in [0.15, 0.2) is 0 Å². The van der Waals surface area contributed by atoms with Gasteiger partial charge in [0.1, 0.15) is 0 Å². The first-order valence-corrected chi connectivity index (χ1v) is 4.63. The third-order valence-electron chi connectivity index (χ3n) is 1.86. The lowest BCUT2D eigenvalue weighted by atomic mass is 10.1. The van der Waals surface area contributed by atoms with Gasteiger partial charge in [-0.2, -0.15) is 0 Å². The summed E-state index contributed by atoms with van der Waals surface area (Å²) in [6, 6.07) is 0. The highest BCUT2D eigenvalue weighted by Gasteiger charge is 2.16. The van der Waals surface area contributed by atoms with E-state index in [-0.39, 0.29) is 18.5 Å². The highest BCUT2D eigenvalue weighted by atomic mass is 16.5. The maximum atomic E-state index is 10.9. The van der Waals surface area contributed by atoms with Crippen LogP contribution in [0.5, 0.6) is 0 Å². The van der Waals surface area contributed by atoms with Gasteiger partial charge >= 0.3 is 5.97 Å². The van der Waals surface area contributed by atoms with Crippen molar-refractivity contribution >= 4 is 5.97 Å². The molecule has 1 atom stereocenters. The smallest absolute Gasteiger partial charge is 0.305 e. The molecule has 4 nitrogen and oxygen atoms in total. The zero-order valence-corrected chi connectivity index (χ0v) is 8.19. The van der Waals surface area contributed by atoms with Gasteiger partial charge in [-0.1, -0.05) is 13.8 Å². The predicted octanol–water partition coefficient (Wildman–Crippen LogP) is 0.667. The number of hydrogen-bond acceptors (Lipinski definition) is 4. The first-order valence-electron chi connectivity index (χ1n) is 4.63. The van der Waals surface area contributed by atoms with E-state index in [9.17, 15) is 4.79 Å². The molecule has 1 unspecified atom stereocenters. The number of hydrogen-bond donors (Lipinski definition) is 2. The number of ether oxygens (including phenoxy) is 1. The van der Waals surface area contributed by atoms with E-state index in [1.54, 1.807) is 0 Å². The van der Waals surface area contributed by atoms with Gasteiger partial charge in [-0.25, -0.2) is 0 Å². The molecule has 0 aromatic rings. The van der Waals surface area contributed by atoms with E-state index >= 15 is 0 Å². The molecule has 4 heteroatoms. The summed E-state index contributed by atoms with van der Waals surface area (Å²) in [6.07, 6.45) is 0.311. The van der Waals surface area contributed by atoms with Gasteiger partial charge in [-0.05, 0) is 12.8 Å². The van der Waals surface area contributed by atoms with Gasteiger partial charge in [-0.15, -0.1) is 0 Å². The second-order valence-electron chi connectivity index (χ2n) is 3.01. The minimum absolute atomic E-state index is 0.0903. The van der Waals surface area contributed by atoms with E-state index in [1.165, 1.54) is 0 Å². The van der Waals surface area contributed by atoms with Crippen molar-refractivity contribution in [2.24, 2.45) is 5.92 Å². The molecule has 0 aliphatic heterocycles. The lowest BCUT2D eigenvalue weighted by Gasteiger charge is -2.16. The Hall–Kier alpha value is -0.610. The standard InChI is InChI=1S/C9H18O4/c1-3-5-8(10)13-6-7(4-2)9(11)12/h7,9,11-12H,3-6H2,1-2H3. The van der Waals surface area contributed by atoms with Crippen LogP contribution in [0, 0.1) is 5.92 Å². The molecule has 0 saturated carbocycles. The SMILES string of the molecule is CCCC(=O)OCC(CC)C(O)O. The van der Waals surface area contributed by atoms with Crippen molar-refractivity contribution in [3.8, 4) is 0 Å². The zero-order valence-electron chi connectivity index (χ0n) is 8.19. The minimum Gasteiger partial charge on any atom is -0.465 e. The molecule has 0 saturated heterocycles. The average Bonchev–Trinajstić information content (AvgIpc) is 2.05. The summed E-state index contributed by atoms with van der Waals surface area (Å²) in [7, 11) is 0. The van der Waals surface area contributed by atoms with Crippen molar-refractivity contribution in [2.45, 2.75) is 39.4 Å². The monoisotopic (exact) mass is 190 g/mol. The average molecular weight is 190 g/mol. The van der Waals surface area contributed by atoms with Crippen molar-refractivity contribution in [1.82, 2.24) is 0 Å². The van der Waals surface area contributed by atoms with Crippen LogP contribution in [-0.4, -0.2) is 29.1 Å². The second kappa shape index (κ2) is 6.86. The molecule has 13 heavy (non-hydrogen) atoms. The Morgan fingerprint density at radius 2 is 2.00 bits per heavy atom. The molecule has 0 heterocycles. The number of aliphatic hydroxyl groups excluding tert-OH is 1. The summed E-state index contributed by atoms with van der Waals surface area (Å²) in [5.74, 6) is -0.651. The van der Waals surface area contributed by atoms with Gasteiger partial charge in [0.05, 0.1) is 6.61 Å². The molecule has 78 valence electrons. The summed E-state index contributed by atoms with van der Waals surface area (Å²) in [5, 5.41) is 17.6. The molecule has 0 radical (unpaired) electrons. The molecule has 0 spiro atoms. The molecule has 0 rings (SSSR count). The molecule has 0 aromatic carbocycles. The quantitative estimate of drug-likeness (QED) is 0.477. The van der Waals surface area contributed by atoms with E-state index in [0.717, 1.165) is 6.42 Å². The molecular formula is C9H18O4. The summed E-state index contributed by atoms with van der Waals surface area (Å²) < 4.78 is 4.84. The molecule has 0 aliphatic rings. The van der Waals surface area contributed by atoms with E-state index < -0.39 is 6.29 Å². The lowest BCUT2D eigenvalue weighted by molar-refractivity contribution is -0.152. The van der Waals surface area contributed by atoms with E-state index in [0.29, 0.717) is 12.8 Å². The third-order valence-corrected chi connectivity index (χ3v) is 1.86. The van der Waals surface area contributed by atoms with Gasteiger partial charge < -0.3 is 14.9 Å². The maximum Gasteiger partial charge on any atom is 0.305 e. The fraction of sp³-hybridized carbons (Fsp3) is 0.889. The van der Waals surface area contributed by atoms with Crippen LogP contribution in [0.4, 0.5) is 0 Å². The largest absolute Gasteiger partial charge is 0.465 e. The normalized spacial score (nSPS) is 13.0. The number of rotatable bonds is 6. The fourth-order valence-corrected chi connectivity index (χ4v) is 0.891. The Morgan fingerprint density at radius 3 is 2.38 bits per heavy atom. The van der Waals surface area contributed by atoms with Gasteiger partial charge in [0.15, 0.2) is 6.29 Å². The Bertz CT molecular complexity index is 145. The second-order valence-corrected chi connectivity index (χ2v) is 3.01. The molecule has 2 N–H and O–H groups in total. The minimum atomic E-state index is -1.40. The van der Waals surface area contributed by atoms with Crippen molar-refractivity contribution < 1.29 is 19.7 Å². The van der Waals surface area contributed by atoms with Gasteiger partial charge in [0.2, 0.25) is 0 Å². The van der Waals surface area contributed by atoms with E-state index in [2.05, 4.69) is 0 Å². The Labute approximate surface area is 78.5 Å². The zero-order chi connectivity index (χ0) is 10.3. The van der Waals surface area contributed by atoms with Crippen molar-refractivity contribution in [1.29, 1.82) is 0 Å². The highest BCUT2D eigenvalue weighted by molar-refractivity contribution is 5.69. The van der Waals surface area contributed by atoms with Crippen LogP contribution in [-0.2, 0) is 9.53 Å². The summed E-state index contributed by atoms with van der Waals surface area (Å²) in [6.45, 7) is 3.80. The number of carbonyl (C=O) groups is 1. The molecule has 0 aromatic heterocycles. The van der Waals surface area contributed by atoms with Gasteiger partial charge in [0, 0.05) is 12.3 Å². The van der Waals surface area contributed by atoms with E-state index in [4.69, 9.17) is 14.9 Å². The van der Waals surface area contributed by atoms with Crippen LogP contribution < -0.4 is 0 Å². The van der Waals surface area contributed by atoms with Gasteiger partial charge in [-0.3, -0.25) is 4.79 Å². The molecule has 0 bridgehead atoms. The molecule has 0 amide bonds. The van der Waals surface area contributed by atoms with E-state index in [1.807, 2.05) is 13.8 Å². The van der Waals surface area contributed by atoms with Gasteiger partial charge in [0.25, 0.3) is 0 Å². The summed E-state index contributed by atoms with van der Waals surface area (Å²) >= 11 is 0. The van der Waals surface area contributed by atoms with Crippen molar-refractivity contribution in [2.75, 3.05) is 6.61 Å². The van der Waals surface area contributed by atoms with Crippen molar-refractivity contribution in [3.05, 3.63) is 0 Å².